The van der Waals surface area contributed by atoms with Crippen molar-refractivity contribution in [1.82, 2.24) is 10.2 Å². The number of carbonyl (C=O) groups excluding carboxylic acids is 1. The van der Waals surface area contributed by atoms with Crippen molar-refractivity contribution in [3.05, 3.63) is 0 Å². The van der Waals surface area contributed by atoms with Gasteiger partial charge in [-0.2, -0.15) is 11.8 Å². The molecule has 0 aliphatic rings. The van der Waals surface area contributed by atoms with E-state index in [1.165, 1.54) is 0 Å². The Bertz CT molecular complexity index is 199. The second-order valence-electron chi connectivity index (χ2n) is 4.18. The fraction of sp³-hybridized carbons (Fsp3) is 0.917. The highest BCUT2D eigenvalue weighted by molar-refractivity contribution is 7.98. The molecule has 0 heterocycles. The van der Waals surface area contributed by atoms with Crippen molar-refractivity contribution >= 4 is 17.7 Å². The third-order valence-corrected chi connectivity index (χ3v) is 3.52. The lowest BCUT2D eigenvalue weighted by Crippen LogP contribution is -2.41. The van der Waals surface area contributed by atoms with Crippen LogP contribution in [0.25, 0.3) is 0 Å². The van der Waals surface area contributed by atoms with Crippen LogP contribution in [0.15, 0.2) is 0 Å². The maximum atomic E-state index is 12.0. The van der Waals surface area contributed by atoms with Gasteiger partial charge in [0.05, 0.1) is 0 Å². The molecule has 2 unspecified atom stereocenters. The van der Waals surface area contributed by atoms with Gasteiger partial charge in [-0.05, 0) is 26.1 Å². The third-order valence-electron chi connectivity index (χ3n) is 2.80. The smallest absolute Gasteiger partial charge is 0.224 e. The molecule has 0 aliphatic heterocycles. The van der Waals surface area contributed by atoms with Crippen molar-refractivity contribution in [3.8, 4) is 0 Å². The number of hydrogen-bond donors (Lipinski definition) is 1. The number of hydrogen-bond acceptors (Lipinski definition) is 3. The van der Waals surface area contributed by atoms with E-state index < -0.39 is 0 Å². The predicted molar refractivity (Wildman–Crippen MR) is 73.0 cm³/mol. The van der Waals surface area contributed by atoms with Crippen LogP contribution >= 0.6 is 11.8 Å². The number of thioether (sulfide) groups is 1. The Balaban J connectivity index is 4.14. The first-order valence-corrected chi connectivity index (χ1v) is 7.44. The highest BCUT2D eigenvalue weighted by atomic mass is 32.2. The summed E-state index contributed by atoms with van der Waals surface area (Å²) >= 11 is 1.80. The summed E-state index contributed by atoms with van der Waals surface area (Å²) in [6.07, 6.45) is 3.70. The van der Waals surface area contributed by atoms with Gasteiger partial charge >= 0.3 is 0 Å². The van der Waals surface area contributed by atoms with Gasteiger partial charge in [-0.25, -0.2) is 0 Å². The molecule has 0 radical (unpaired) electrons. The number of amides is 1. The first kappa shape index (κ1) is 15.8. The molecule has 0 saturated carbocycles. The van der Waals surface area contributed by atoms with Crippen LogP contribution in [0.5, 0.6) is 0 Å². The normalized spacial score (nSPS) is 14.6. The Morgan fingerprint density at radius 3 is 2.50 bits per heavy atom. The molecule has 0 rings (SSSR count). The standard InChI is InChI=1S/C12H26N2OS/c1-6-11(9-16-5)14(4)12(15)8-10(3)13-7-2/h10-11,13H,6-9H2,1-5H3. The van der Waals surface area contributed by atoms with Crippen molar-refractivity contribution in [2.75, 3.05) is 25.6 Å². The van der Waals surface area contributed by atoms with E-state index >= 15 is 0 Å². The molecule has 0 spiro atoms. The number of nitrogens with one attached hydrogen (secondary N) is 1. The summed E-state index contributed by atoms with van der Waals surface area (Å²) in [6, 6.07) is 0.642. The minimum Gasteiger partial charge on any atom is -0.342 e. The Labute approximate surface area is 104 Å². The van der Waals surface area contributed by atoms with Crippen molar-refractivity contribution in [2.24, 2.45) is 0 Å². The highest BCUT2D eigenvalue weighted by Gasteiger charge is 2.19. The lowest BCUT2D eigenvalue weighted by atomic mass is 10.1. The van der Waals surface area contributed by atoms with Gasteiger partial charge in [0.2, 0.25) is 5.91 Å². The average Bonchev–Trinajstić information content (AvgIpc) is 2.25. The molecule has 4 heteroatoms. The molecule has 1 amide bonds. The summed E-state index contributed by atoms with van der Waals surface area (Å²) in [6.45, 7) is 7.18. The van der Waals surface area contributed by atoms with Crippen LogP contribution in [0.4, 0.5) is 0 Å². The molecule has 1 N–H and O–H groups in total. The average molecular weight is 246 g/mol. The fourth-order valence-corrected chi connectivity index (χ4v) is 2.57. The van der Waals surface area contributed by atoms with Crippen LogP contribution in [0, 0.1) is 0 Å². The molecule has 96 valence electrons. The first-order valence-electron chi connectivity index (χ1n) is 6.04. The van der Waals surface area contributed by atoms with Gasteiger partial charge in [-0.1, -0.05) is 13.8 Å². The fourth-order valence-electron chi connectivity index (χ4n) is 1.73. The number of carbonyl (C=O) groups is 1. The molecule has 0 aliphatic carbocycles. The zero-order chi connectivity index (χ0) is 12.6. The van der Waals surface area contributed by atoms with Crippen LogP contribution in [0.3, 0.4) is 0 Å². The lowest BCUT2D eigenvalue weighted by Gasteiger charge is -2.28. The molecule has 3 nitrogen and oxygen atoms in total. The Kier molecular flexibility index (Phi) is 8.76. The summed E-state index contributed by atoms with van der Waals surface area (Å²) in [5.74, 6) is 1.27. The number of nitrogens with zero attached hydrogens (tertiary/aromatic N) is 1. The van der Waals surface area contributed by atoms with Gasteiger partial charge in [0.1, 0.15) is 0 Å². The SMILES string of the molecule is CCNC(C)CC(=O)N(C)C(CC)CSC. The molecule has 0 fully saturated rings. The molecule has 0 bridgehead atoms. The summed E-state index contributed by atoms with van der Waals surface area (Å²) in [5, 5.41) is 3.27. The van der Waals surface area contributed by atoms with Crippen molar-refractivity contribution in [2.45, 2.75) is 45.7 Å². The van der Waals surface area contributed by atoms with Crippen molar-refractivity contribution in [1.29, 1.82) is 0 Å². The quantitative estimate of drug-likeness (QED) is 0.711. The summed E-state index contributed by atoms with van der Waals surface area (Å²) < 4.78 is 0. The van der Waals surface area contributed by atoms with E-state index in [4.69, 9.17) is 0 Å². The molecule has 2 atom stereocenters. The second-order valence-corrected chi connectivity index (χ2v) is 5.10. The molecule has 0 saturated heterocycles. The zero-order valence-corrected chi connectivity index (χ0v) is 12.1. The van der Waals surface area contributed by atoms with Gasteiger partial charge in [-0.3, -0.25) is 4.79 Å². The van der Waals surface area contributed by atoms with Gasteiger partial charge in [0.25, 0.3) is 0 Å². The largest absolute Gasteiger partial charge is 0.342 e. The van der Waals surface area contributed by atoms with E-state index in [0.29, 0.717) is 12.5 Å². The van der Waals surface area contributed by atoms with Crippen LogP contribution in [-0.2, 0) is 4.79 Å². The monoisotopic (exact) mass is 246 g/mol. The van der Waals surface area contributed by atoms with E-state index in [1.807, 2.05) is 11.9 Å². The lowest BCUT2D eigenvalue weighted by molar-refractivity contribution is -0.132. The summed E-state index contributed by atoms with van der Waals surface area (Å²) in [7, 11) is 1.92. The Morgan fingerprint density at radius 1 is 1.44 bits per heavy atom. The van der Waals surface area contributed by atoms with E-state index in [-0.39, 0.29) is 11.9 Å². The minimum atomic E-state index is 0.245. The van der Waals surface area contributed by atoms with E-state index in [9.17, 15) is 4.79 Å². The second kappa shape index (κ2) is 8.88. The third kappa shape index (κ3) is 5.75. The van der Waals surface area contributed by atoms with Crippen LogP contribution in [0.1, 0.15) is 33.6 Å². The van der Waals surface area contributed by atoms with Gasteiger partial charge in [0.15, 0.2) is 0 Å². The minimum absolute atomic E-state index is 0.245. The molecule has 16 heavy (non-hydrogen) atoms. The summed E-state index contributed by atoms with van der Waals surface area (Å²) in [4.78, 5) is 13.9. The predicted octanol–water partition coefficient (Wildman–Crippen LogP) is 1.97. The van der Waals surface area contributed by atoms with Gasteiger partial charge in [-0.15, -0.1) is 0 Å². The van der Waals surface area contributed by atoms with E-state index in [1.54, 1.807) is 11.8 Å². The van der Waals surface area contributed by atoms with Crippen LogP contribution in [0.2, 0.25) is 0 Å². The molecule has 0 aromatic heterocycles. The first-order chi connectivity index (χ1) is 7.56. The van der Waals surface area contributed by atoms with Crippen molar-refractivity contribution in [3.63, 3.8) is 0 Å². The Morgan fingerprint density at radius 2 is 2.06 bits per heavy atom. The topological polar surface area (TPSA) is 32.3 Å². The molecular weight excluding hydrogens is 220 g/mol. The van der Waals surface area contributed by atoms with Crippen molar-refractivity contribution < 1.29 is 4.79 Å². The summed E-state index contributed by atoms with van der Waals surface area (Å²) in [5.41, 5.74) is 0. The van der Waals surface area contributed by atoms with Crippen LogP contribution in [-0.4, -0.2) is 48.5 Å². The highest BCUT2D eigenvalue weighted by Crippen LogP contribution is 2.10. The van der Waals surface area contributed by atoms with Gasteiger partial charge < -0.3 is 10.2 Å². The molecular formula is C12H26N2OS. The molecule has 0 aromatic rings. The molecule has 0 aromatic carbocycles. The zero-order valence-electron chi connectivity index (χ0n) is 11.2. The van der Waals surface area contributed by atoms with Crippen LogP contribution < -0.4 is 5.32 Å². The Hall–Kier alpha value is -0.220. The van der Waals surface area contributed by atoms with E-state index in [2.05, 4.69) is 32.3 Å². The maximum Gasteiger partial charge on any atom is 0.224 e. The van der Waals surface area contributed by atoms with Gasteiger partial charge in [0, 0.05) is 31.3 Å². The van der Waals surface area contributed by atoms with E-state index in [0.717, 1.165) is 18.7 Å². The number of rotatable bonds is 8. The maximum absolute atomic E-state index is 12.0.